The minimum Gasteiger partial charge on any atom is -0.354 e. The highest BCUT2D eigenvalue weighted by molar-refractivity contribution is 7.92. The van der Waals surface area contributed by atoms with E-state index in [1.54, 1.807) is 19.1 Å². The van der Waals surface area contributed by atoms with Gasteiger partial charge in [-0.25, -0.2) is 12.8 Å². The lowest BCUT2D eigenvalue weighted by Crippen LogP contribution is -2.51. The Morgan fingerprint density at radius 3 is 2.21 bits per heavy atom. The molecule has 0 bridgehead atoms. The van der Waals surface area contributed by atoms with Crippen molar-refractivity contribution in [2.45, 2.75) is 58.0 Å². The molecule has 0 saturated carbocycles. The van der Waals surface area contributed by atoms with Gasteiger partial charge < -0.3 is 10.2 Å². The van der Waals surface area contributed by atoms with Crippen molar-refractivity contribution in [3.63, 3.8) is 0 Å². The Bertz CT molecular complexity index is 1380. The number of aryl methyl sites for hydroxylation is 2. The van der Waals surface area contributed by atoms with Gasteiger partial charge in [-0.1, -0.05) is 55.3 Å². The predicted octanol–water partition coefficient (Wildman–Crippen LogP) is 4.97. The van der Waals surface area contributed by atoms with E-state index < -0.39 is 34.3 Å². The van der Waals surface area contributed by atoms with Crippen molar-refractivity contribution in [1.29, 1.82) is 0 Å². The van der Waals surface area contributed by atoms with E-state index in [0.29, 0.717) is 6.54 Å². The Morgan fingerprint density at radius 1 is 0.949 bits per heavy atom. The molecule has 0 spiro atoms. The van der Waals surface area contributed by atoms with Crippen molar-refractivity contribution in [2.75, 3.05) is 17.4 Å². The third-order valence-corrected chi connectivity index (χ3v) is 8.39. The van der Waals surface area contributed by atoms with Crippen molar-refractivity contribution in [3.05, 3.63) is 95.3 Å². The van der Waals surface area contributed by atoms with Crippen LogP contribution in [0.3, 0.4) is 0 Å². The lowest BCUT2D eigenvalue weighted by molar-refractivity contribution is -0.139. The molecule has 3 rings (SSSR count). The average molecular weight is 554 g/mol. The summed E-state index contributed by atoms with van der Waals surface area (Å²) in [7, 11) is -4.19. The van der Waals surface area contributed by atoms with E-state index in [9.17, 15) is 22.4 Å². The Hall–Kier alpha value is -3.72. The van der Waals surface area contributed by atoms with Gasteiger partial charge in [-0.05, 0) is 74.7 Å². The summed E-state index contributed by atoms with van der Waals surface area (Å²) in [6, 6.07) is 17.9. The molecule has 208 valence electrons. The van der Waals surface area contributed by atoms with E-state index >= 15 is 0 Å². The Kier molecular flexibility index (Phi) is 10.2. The second kappa shape index (κ2) is 13.4. The fraction of sp³-hybridized carbons (Fsp3) is 0.333. The standard InChI is InChI=1S/C30H36FN3O4S/c1-5-6-19-32-30(36)24(4)33(20-25-10-8-7-9-23(25)3)29(35)21-34(27-15-13-26(31)14-16-27)39(37,38)28-17-11-22(2)12-18-28/h7-18,24H,5-6,19-21H2,1-4H3,(H,32,36)/t24-/m1/s1. The van der Waals surface area contributed by atoms with E-state index in [4.69, 9.17) is 0 Å². The van der Waals surface area contributed by atoms with Crippen LogP contribution in [0, 0.1) is 19.7 Å². The number of hydrogen-bond acceptors (Lipinski definition) is 4. The molecular weight excluding hydrogens is 517 g/mol. The summed E-state index contributed by atoms with van der Waals surface area (Å²) in [6.07, 6.45) is 1.71. The van der Waals surface area contributed by atoms with Crippen molar-refractivity contribution in [1.82, 2.24) is 10.2 Å². The maximum absolute atomic E-state index is 13.9. The number of nitrogens with zero attached hydrogens (tertiary/aromatic N) is 2. The first kappa shape index (κ1) is 29.8. The van der Waals surface area contributed by atoms with Crippen molar-refractivity contribution >= 4 is 27.5 Å². The van der Waals surface area contributed by atoms with Gasteiger partial charge in [0, 0.05) is 13.1 Å². The van der Waals surface area contributed by atoms with Crippen LogP contribution >= 0.6 is 0 Å². The van der Waals surface area contributed by atoms with Gasteiger partial charge in [-0.3, -0.25) is 13.9 Å². The highest BCUT2D eigenvalue weighted by Crippen LogP contribution is 2.25. The topological polar surface area (TPSA) is 86.8 Å². The van der Waals surface area contributed by atoms with Gasteiger partial charge in [0.25, 0.3) is 10.0 Å². The van der Waals surface area contributed by atoms with Gasteiger partial charge in [-0.2, -0.15) is 0 Å². The van der Waals surface area contributed by atoms with Gasteiger partial charge in [0.15, 0.2) is 0 Å². The summed E-state index contributed by atoms with van der Waals surface area (Å²) in [5, 5.41) is 2.87. The normalized spacial score (nSPS) is 12.0. The summed E-state index contributed by atoms with van der Waals surface area (Å²) in [5.41, 5.74) is 2.80. The van der Waals surface area contributed by atoms with Crippen LogP contribution in [0.25, 0.3) is 0 Å². The molecule has 39 heavy (non-hydrogen) atoms. The van der Waals surface area contributed by atoms with Crippen LogP contribution in [0.15, 0.2) is 77.7 Å². The third-order valence-electron chi connectivity index (χ3n) is 6.60. The molecule has 9 heteroatoms. The number of benzene rings is 3. The van der Waals surface area contributed by atoms with Crippen LogP contribution in [-0.4, -0.2) is 44.3 Å². The van der Waals surface area contributed by atoms with E-state index in [-0.39, 0.29) is 23.0 Å². The van der Waals surface area contributed by atoms with Gasteiger partial charge in [0.2, 0.25) is 11.8 Å². The molecule has 3 aromatic carbocycles. The van der Waals surface area contributed by atoms with E-state index in [1.165, 1.54) is 29.2 Å². The second-order valence-corrected chi connectivity index (χ2v) is 11.4. The van der Waals surface area contributed by atoms with Crippen molar-refractivity contribution in [2.24, 2.45) is 0 Å². The zero-order valence-corrected chi connectivity index (χ0v) is 23.7. The molecule has 0 unspecified atom stereocenters. The summed E-state index contributed by atoms with van der Waals surface area (Å²) >= 11 is 0. The number of amides is 2. The van der Waals surface area contributed by atoms with Gasteiger partial charge in [-0.15, -0.1) is 0 Å². The molecule has 1 N–H and O–H groups in total. The van der Waals surface area contributed by atoms with E-state index in [0.717, 1.165) is 46.0 Å². The fourth-order valence-corrected chi connectivity index (χ4v) is 5.48. The number of sulfonamides is 1. The molecule has 0 radical (unpaired) electrons. The molecule has 2 amide bonds. The number of unbranched alkanes of at least 4 members (excludes halogenated alkanes) is 1. The summed E-state index contributed by atoms with van der Waals surface area (Å²) in [4.78, 5) is 28.3. The minimum atomic E-state index is -4.19. The van der Waals surface area contributed by atoms with Crippen molar-refractivity contribution < 1.29 is 22.4 Å². The molecule has 1 atom stereocenters. The summed E-state index contributed by atoms with van der Waals surface area (Å²) < 4.78 is 42.2. The van der Waals surface area contributed by atoms with E-state index in [2.05, 4.69) is 5.32 Å². The molecule has 7 nitrogen and oxygen atoms in total. The number of anilines is 1. The minimum absolute atomic E-state index is 0.000959. The summed E-state index contributed by atoms with van der Waals surface area (Å²) in [5.74, 6) is -1.41. The van der Waals surface area contributed by atoms with Crippen LogP contribution in [0.2, 0.25) is 0 Å². The smallest absolute Gasteiger partial charge is 0.264 e. The summed E-state index contributed by atoms with van der Waals surface area (Å²) in [6.45, 7) is 7.44. The molecular formula is C30H36FN3O4S. The van der Waals surface area contributed by atoms with Gasteiger partial charge in [0.1, 0.15) is 18.4 Å². The van der Waals surface area contributed by atoms with Crippen LogP contribution in [0.4, 0.5) is 10.1 Å². The van der Waals surface area contributed by atoms with Crippen LogP contribution in [-0.2, 0) is 26.2 Å². The zero-order chi connectivity index (χ0) is 28.6. The highest BCUT2D eigenvalue weighted by atomic mass is 32.2. The molecule has 0 fully saturated rings. The molecule has 3 aromatic rings. The maximum atomic E-state index is 13.9. The van der Waals surface area contributed by atoms with Crippen LogP contribution in [0.5, 0.6) is 0 Å². The van der Waals surface area contributed by atoms with Crippen LogP contribution < -0.4 is 9.62 Å². The quantitative estimate of drug-likeness (QED) is 0.321. The number of carbonyl (C=O) groups excluding carboxylic acids is 2. The molecule has 0 aliphatic heterocycles. The first-order valence-electron chi connectivity index (χ1n) is 13.0. The fourth-order valence-electron chi connectivity index (χ4n) is 4.06. The predicted molar refractivity (Wildman–Crippen MR) is 151 cm³/mol. The second-order valence-electron chi connectivity index (χ2n) is 9.57. The average Bonchev–Trinajstić information content (AvgIpc) is 2.91. The largest absolute Gasteiger partial charge is 0.354 e. The monoisotopic (exact) mass is 553 g/mol. The van der Waals surface area contributed by atoms with Gasteiger partial charge >= 0.3 is 0 Å². The Balaban J connectivity index is 2.00. The van der Waals surface area contributed by atoms with Crippen LogP contribution in [0.1, 0.15) is 43.4 Å². The molecule has 0 heterocycles. The highest BCUT2D eigenvalue weighted by Gasteiger charge is 2.32. The first-order valence-corrected chi connectivity index (χ1v) is 14.4. The Morgan fingerprint density at radius 2 is 1.59 bits per heavy atom. The number of nitrogens with one attached hydrogen (secondary N) is 1. The number of halogens is 1. The number of rotatable bonds is 12. The molecule has 0 aliphatic rings. The Labute approximate surface area is 230 Å². The van der Waals surface area contributed by atoms with E-state index in [1.807, 2.05) is 45.0 Å². The SMILES string of the molecule is CCCCNC(=O)[C@@H](C)N(Cc1ccccc1C)C(=O)CN(c1ccc(F)cc1)S(=O)(=O)c1ccc(C)cc1. The van der Waals surface area contributed by atoms with Gasteiger partial charge in [0.05, 0.1) is 10.6 Å². The number of carbonyl (C=O) groups is 2. The lowest BCUT2D eigenvalue weighted by atomic mass is 10.1. The number of hydrogen-bond donors (Lipinski definition) is 1. The lowest BCUT2D eigenvalue weighted by Gasteiger charge is -2.32. The molecule has 0 saturated heterocycles. The van der Waals surface area contributed by atoms with Crippen molar-refractivity contribution in [3.8, 4) is 0 Å². The third kappa shape index (κ3) is 7.66. The zero-order valence-electron chi connectivity index (χ0n) is 22.9. The molecule has 0 aromatic heterocycles. The maximum Gasteiger partial charge on any atom is 0.264 e. The first-order chi connectivity index (χ1) is 18.5. The molecule has 0 aliphatic carbocycles.